The Balaban J connectivity index is 1.92. The first-order chi connectivity index (χ1) is 10.9. The van der Waals surface area contributed by atoms with Crippen molar-refractivity contribution in [2.75, 3.05) is 4.31 Å². The fourth-order valence-electron chi connectivity index (χ4n) is 2.78. The number of hydrogen-bond donors (Lipinski definition) is 2. The smallest absolute Gasteiger partial charge is 0.282 e. The minimum Gasteiger partial charge on any atom is -0.282 e. The van der Waals surface area contributed by atoms with E-state index in [1.807, 2.05) is 19.1 Å². The lowest BCUT2D eigenvalue weighted by atomic mass is 9.99. The summed E-state index contributed by atoms with van der Waals surface area (Å²) >= 11 is 0. The van der Waals surface area contributed by atoms with E-state index in [1.165, 1.54) is 10.4 Å². The summed E-state index contributed by atoms with van der Waals surface area (Å²) in [6, 6.07) is 8.60. The van der Waals surface area contributed by atoms with Crippen molar-refractivity contribution in [2.24, 2.45) is 0 Å². The number of anilines is 1. The van der Waals surface area contributed by atoms with Crippen LogP contribution in [0.25, 0.3) is 0 Å². The lowest BCUT2D eigenvalue weighted by Gasteiger charge is -2.35. The number of H-pyrrole nitrogens is 1. The van der Waals surface area contributed by atoms with Gasteiger partial charge in [-0.3, -0.25) is 14.2 Å². The number of aryl methyl sites for hydroxylation is 2. The molecule has 2 N–H and O–H groups in total. The van der Waals surface area contributed by atoms with Gasteiger partial charge in [0.1, 0.15) is 0 Å². The van der Waals surface area contributed by atoms with Crippen molar-refractivity contribution >= 4 is 21.8 Å². The maximum atomic E-state index is 12.7. The second-order valence-corrected chi connectivity index (χ2v) is 7.23. The number of carbonyl (C=O) groups excluding carboxylic acids is 1. The highest BCUT2D eigenvalue weighted by Gasteiger charge is 2.34. The maximum Gasteiger partial charge on any atom is 0.326 e. The molecule has 1 aromatic carbocycles. The number of rotatable bonds is 3. The van der Waals surface area contributed by atoms with E-state index >= 15 is 0 Å². The van der Waals surface area contributed by atoms with Gasteiger partial charge in [-0.25, -0.2) is 4.72 Å². The van der Waals surface area contributed by atoms with E-state index in [-0.39, 0.29) is 11.7 Å². The van der Waals surface area contributed by atoms with E-state index in [1.54, 1.807) is 19.1 Å². The quantitative estimate of drug-likeness (QED) is 0.890. The third-order valence-corrected chi connectivity index (χ3v) is 5.40. The van der Waals surface area contributed by atoms with Crippen molar-refractivity contribution in [1.82, 2.24) is 14.9 Å². The SMILES string of the molecule is Cc1cc(C(=O)NS(=O)(=O)N2c3ccccc3CCC2C)n[nH]1. The number of nitrogens with zero attached hydrogens (tertiary/aromatic N) is 2. The number of benzene rings is 1. The number of amides is 1. The first-order valence-electron chi connectivity index (χ1n) is 7.35. The number of fused-ring (bicyclic) bond motifs is 1. The molecular formula is C15H18N4O3S. The number of nitrogens with one attached hydrogen (secondary N) is 2. The highest BCUT2D eigenvalue weighted by molar-refractivity contribution is 7.91. The van der Waals surface area contributed by atoms with E-state index in [2.05, 4.69) is 14.9 Å². The van der Waals surface area contributed by atoms with Crippen LogP contribution in [0.5, 0.6) is 0 Å². The molecule has 2 heterocycles. The van der Waals surface area contributed by atoms with Crippen molar-refractivity contribution in [3.05, 3.63) is 47.3 Å². The molecule has 1 aliphatic heterocycles. The van der Waals surface area contributed by atoms with Crippen LogP contribution in [0.4, 0.5) is 5.69 Å². The molecule has 1 aliphatic rings. The van der Waals surface area contributed by atoms with Gasteiger partial charge in [0, 0.05) is 11.7 Å². The van der Waals surface area contributed by atoms with Crippen molar-refractivity contribution in [1.29, 1.82) is 0 Å². The molecule has 8 heteroatoms. The average Bonchev–Trinajstić information content (AvgIpc) is 2.93. The highest BCUT2D eigenvalue weighted by atomic mass is 32.2. The fourth-order valence-corrected chi connectivity index (χ4v) is 4.23. The monoisotopic (exact) mass is 334 g/mol. The summed E-state index contributed by atoms with van der Waals surface area (Å²) in [6.45, 7) is 3.57. The van der Waals surface area contributed by atoms with Crippen molar-refractivity contribution in [3.8, 4) is 0 Å². The van der Waals surface area contributed by atoms with Crippen LogP contribution < -0.4 is 9.03 Å². The molecule has 1 amide bonds. The third kappa shape index (κ3) is 2.94. The molecule has 1 aromatic heterocycles. The molecule has 1 unspecified atom stereocenters. The molecule has 2 aromatic rings. The van der Waals surface area contributed by atoms with Gasteiger partial charge in [0.15, 0.2) is 5.69 Å². The summed E-state index contributed by atoms with van der Waals surface area (Å²) in [5, 5.41) is 6.41. The van der Waals surface area contributed by atoms with Gasteiger partial charge >= 0.3 is 10.2 Å². The minimum atomic E-state index is -4.00. The van der Waals surface area contributed by atoms with Crippen molar-refractivity contribution in [2.45, 2.75) is 32.7 Å². The zero-order valence-electron chi connectivity index (χ0n) is 12.9. The summed E-state index contributed by atoms with van der Waals surface area (Å²) in [7, 11) is -4.00. The van der Waals surface area contributed by atoms with Crippen LogP contribution in [-0.2, 0) is 16.6 Å². The van der Waals surface area contributed by atoms with Gasteiger partial charge < -0.3 is 0 Å². The second-order valence-electron chi connectivity index (χ2n) is 5.68. The first kappa shape index (κ1) is 15.5. The summed E-state index contributed by atoms with van der Waals surface area (Å²) < 4.78 is 28.8. The molecule has 1 atom stereocenters. The first-order valence-corrected chi connectivity index (χ1v) is 8.79. The lowest BCUT2D eigenvalue weighted by molar-refractivity contribution is 0.0976. The largest absolute Gasteiger partial charge is 0.326 e. The predicted octanol–water partition coefficient (Wildman–Crippen LogP) is 1.53. The number of aromatic amines is 1. The van der Waals surface area contributed by atoms with Gasteiger partial charge in [0.2, 0.25) is 0 Å². The Morgan fingerprint density at radius 1 is 1.39 bits per heavy atom. The predicted molar refractivity (Wildman–Crippen MR) is 86.4 cm³/mol. The fraction of sp³-hybridized carbons (Fsp3) is 0.333. The van der Waals surface area contributed by atoms with Crippen LogP contribution in [0.2, 0.25) is 0 Å². The zero-order chi connectivity index (χ0) is 16.6. The lowest BCUT2D eigenvalue weighted by Crippen LogP contribution is -2.49. The van der Waals surface area contributed by atoms with Gasteiger partial charge in [-0.05, 0) is 44.4 Å². The van der Waals surface area contributed by atoms with Crippen molar-refractivity contribution in [3.63, 3.8) is 0 Å². The van der Waals surface area contributed by atoms with Crippen LogP contribution in [-0.4, -0.2) is 30.6 Å². The van der Waals surface area contributed by atoms with E-state index in [9.17, 15) is 13.2 Å². The van der Waals surface area contributed by atoms with Gasteiger partial charge in [0.05, 0.1) is 5.69 Å². The Morgan fingerprint density at radius 3 is 2.83 bits per heavy atom. The van der Waals surface area contributed by atoms with Crippen LogP contribution in [0.3, 0.4) is 0 Å². The van der Waals surface area contributed by atoms with Gasteiger partial charge in [-0.1, -0.05) is 18.2 Å². The molecular weight excluding hydrogens is 316 g/mol. The van der Waals surface area contributed by atoms with Crippen LogP contribution in [0.15, 0.2) is 30.3 Å². The number of hydrogen-bond acceptors (Lipinski definition) is 4. The molecule has 0 saturated heterocycles. The Kier molecular flexibility index (Phi) is 3.85. The third-order valence-electron chi connectivity index (χ3n) is 3.88. The normalized spacial score (nSPS) is 17.7. The standard InChI is InChI=1S/C15H18N4O3S/c1-10-9-13(17-16-10)15(20)18-23(21,22)19-11(2)7-8-12-5-3-4-6-14(12)19/h3-6,9,11H,7-8H2,1-2H3,(H,16,17)(H,18,20). The highest BCUT2D eigenvalue weighted by Crippen LogP contribution is 2.32. The Morgan fingerprint density at radius 2 is 2.13 bits per heavy atom. The number of aromatic nitrogens is 2. The van der Waals surface area contributed by atoms with Crippen LogP contribution in [0, 0.1) is 6.92 Å². The molecule has 0 bridgehead atoms. The van der Waals surface area contributed by atoms with Gasteiger partial charge in [-0.2, -0.15) is 13.5 Å². The molecule has 122 valence electrons. The van der Waals surface area contributed by atoms with Crippen molar-refractivity contribution < 1.29 is 13.2 Å². The molecule has 23 heavy (non-hydrogen) atoms. The molecule has 0 fully saturated rings. The average molecular weight is 334 g/mol. The van der Waals surface area contributed by atoms with Crippen LogP contribution >= 0.6 is 0 Å². The maximum absolute atomic E-state index is 12.7. The summed E-state index contributed by atoms with van der Waals surface area (Å²) in [5.74, 6) is -0.746. The minimum absolute atomic E-state index is 0.0454. The van der Waals surface area contributed by atoms with E-state index < -0.39 is 16.1 Å². The Hall–Kier alpha value is -2.35. The summed E-state index contributed by atoms with van der Waals surface area (Å²) in [6.07, 6.45) is 1.52. The number of para-hydroxylation sites is 1. The number of carbonyl (C=O) groups is 1. The molecule has 0 aliphatic carbocycles. The Bertz CT molecular complexity index is 844. The van der Waals surface area contributed by atoms with E-state index in [4.69, 9.17) is 0 Å². The molecule has 0 radical (unpaired) electrons. The topological polar surface area (TPSA) is 95.2 Å². The summed E-state index contributed by atoms with van der Waals surface area (Å²) in [5.41, 5.74) is 2.30. The molecule has 7 nitrogen and oxygen atoms in total. The molecule has 0 spiro atoms. The summed E-state index contributed by atoms with van der Waals surface area (Å²) in [4.78, 5) is 12.1. The van der Waals surface area contributed by atoms with Crippen LogP contribution in [0.1, 0.15) is 35.1 Å². The Labute approximate surface area is 134 Å². The molecule has 0 saturated carbocycles. The van der Waals surface area contributed by atoms with Gasteiger partial charge in [0.25, 0.3) is 5.91 Å². The second kappa shape index (κ2) is 5.69. The van der Waals surface area contributed by atoms with E-state index in [0.29, 0.717) is 17.8 Å². The zero-order valence-corrected chi connectivity index (χ0v) is 13.7. The van der Waals surface area contributed by atoms with E-state index in [0.717, 1.165) is 12.0 Å². The van der Waals surface area contributed by atoms with Gasteiger partial charge in [-0.15, -0.1) is 0 Å². The molecule has 3 rings (SSSR count).